The van der Waals surface area contributed by atoms with Crippen LogP contribution in [0.1, 0.15) is 18.4 Å². The molecule has 1 aromatic carbocycles. The van der Waals surface area contributed by atoms with Crippen LogP contribution in [0.5, 0.6) is 5.75 Å². The second kappa shape index (κ2) is 5.89. The molecule has 5 heteroatoms. The molecule has 0 heterocycles. The van der Waals surface area contributed by atoms with Crippen LogP contribution in [0.25, 0.3) is 0 Å². The number of hydrogen-bond acceptors (Lipinski definition) is 4. The Morgan fingerprint density at radius 2 is 2.06 bits per heavy atom. The van der Waals surface area contributed by atoms with E-state index < -0.39 is 5.97 Å². The number of nitrogens with one attached hydrogen (secondary N) is 1. The lowest BCUT2D eigenvalue weighted by Gasteiger charge is -2.11. The van der Waals surface area contributed by atoms with Crippen LogP contribution in [0.2, 0.25) is 0 Å². The first kappa shape index (κ1) is 13.0. The molecule has 0 aliphatic carbocycles. The first-order chi connectivity index (χ1) is 8.02. The molecule has 0 saturated carbocycles. The highest BCUT2D eigenvalue weighted by Crippen LogP contribution is 2.25. The van der Waals surface area contributed by atoms with Crippen molar-refractivity contribution in [2.45, 2.75) is 19.8 Å². The Labute approximate surface area is 99.4 Å². The molecule has 0 fully saturated rings. The maximum Gasteiger partial charge on any atom is 0.224 e. The zero-order valence-electron chi connectivity index (χ0n) is 9.78. The van der Waals surface area contributed by atoms with Crippen LogP contribution in [0, 0.1) is 6.92 Å². The average Bonchev–Trinajstić information content (AvgIpc) is 2.27. The summed E-state index contributed by atoms with van der Waals surface area (Å²) >= 11 is 0. The molecule has 1 N–H and O–H groups in total. The first-order valence-electron chi connectivity index (χ1n) is 5.17. The number of rotatable bonds is 5. The molecule has 0 bridgehead atoms. The highest BCUT2D eigenvalue weighted by atomic mass is 16.5. The van der Waals surface area contributed by atoms with Crippen LogP contribution in [-0.4, -0.2) is 19.0 Å². The van der Waals surface area contributed by atoms with Crippen molar-refractivity contribution < 1.29 is 19.4 Å². The third-order valence-electron chi connectivity index (χ3n) is 2.19. The van der Waals surface area contributed by atoms with E-state index in [-0.39, 0.29) is 18.7 Å². The van der Waals surface area contributed by atoms with E-state index in [1.165, 1.54) is 7.11 Å². The van der Waals surface area contributed by atoms with Crippen LogP contribution < -0.4 is 15.2 Å². The van der Waals surface area contributed by atoms with Gasteiger partial charge in [0.1, 0.15) is 5.75 Å². The number of carboxylic acid groups (broad SMARTS) is 1. The smallest absolute Gasteiger partial charge is 0.224 e. The fourth-order valence-electron chi connectivity index (χ4n) is 1.35. The number of carbonyl (C=O) groups excluding carboxylic acids is 2. The Morgan fingerprint density at radius 1 is 1.35 bits per heavy atom. The third-order valence-corrected chi connectivity index (χ3v) is 2.19. The second-order valence-corrected chi connectivity index (χ2v) is 3.62. The molecular formula is C12H14NO4-. The summed E-state index contributed by atoms with van der Waals surface area (Å²) in [5.41, 5.74) is 1.51. The predicted molar refractivity (Wildman–Crippen MR) is 60.6 cm³/mol. The molecular weight excluding hydrogens is 222 g/mol. The van der Waals surface area contributed by atoms with Gasteiger partial charge in [-0.15, -0.1) is 0 Å². The zero-order valence-corrected chi connectivity index (χ0v) is 9.78. The quantitative estimate of drug-likeness (QED) is 0.806. The zero-order chi connectivity index (χ0) is 12.8. The topological polar surface area (TPSA) is 78.5 Å². The van der Waals surface area contributed by atoms with Gasteiger partial charge in [0.25, 0.3) is 0 Å². The third kappa shape index (κ3) is 4.14. The van der Waals surface area contributed by atoms with Crippen molar-refractivity contribution in [1.29, 1.82) is 0 Å². The molecule has 0 spiro atoms. The van der Waals surface area contributed by atoms with Gasteiger partial charge in [0.05, 0.1) is 12.8 Å². The molecule has 92 valence electrons. The van der Waals surface area contributed by atoms with Crippen LogP contribution in [0.15, 0.2) is 18.2 Å². The Morgan fingerprint density at radius 3 is 2.65 bits per heavy atom. The lowest BCUT2D eigenvalue weighted by atomic mass is 10.2. The summed E-state index contributed by atoms with van der Waals surface area (Å²) in [6.07, 6.45) is -0.403. The highest BCUT2D eigenvalue weighted by molar-refractivity contribution is 5.93. The van der Waals surface area contributed by atoms with Crippen molar-refractivity contribution in [1.82, 2.24) is 0 Å². The molecule has 0 saturated heterocycles. The van der Waals surface area contributed by atoms with Gasteiger partial charge in [-0.05, 0) is 31.0 Å². The van der Waals surface area contributed by atoms with E-state index in [0.717, 1.165) is 5.56 Å². The van der Waals surface area contributed by atoms with E-state index in [0.29, 0.717) is 11.4 Å². The maximum atomic E-state index is 11.4. The summed E-state index contributed by atoms with van der Waals surface area (Å²) < 4.78 is 5.08. The van der Waals surface area contributed by atoms with Gasteiger partial charge in [0, 0.05) is 12.4 Å². The Hall–Kier alpha value is -2.04. The second-order valence-electron chi connectivity index (χ2n) is 3.62. The van der Waals surface area contributed by atoms with Crippen molar-refractivity contribution in [2.24, 2.45) is 0 Å². The van der Waals surface area contributed by atoms with Crippen molar-refractivity contribution in [3.63, 3.8) is 0 Å². The fourth-order valence-corrected chi connectivity index (χ4v) is 1.35. The lowest BCUT2D eigenvalue weighted by molar-refractivity contribution is -0.305. The minimum absolute atomic E-state index is 0.112. The number of carbonyl (C=O) groups is 2. The van der Waals surface area contributed by atoms with Gasteiger partial charge >= 0.3 is 0 Å². The van der Waals surface area contributed by atoms with Gasteiger partial charge in [-0.25, -0.2) is 0 Å². The number of methoxy groups -OCH3 is 1. The fraction of sp³-hybridized carbons (Fsp3) is 0.333. The molecule has 0 aromatic heterocycles. The van der Waals surface area contributed by atoms with E-state index in [1.807, 2.05) is 13.0 Å². The normalized spacial score (nSPS) is 9.76. The van der Waals surface area contributed by atoms with E-state index >= 15 is 0 Å². The maximum absolute atomic E-state index is 11.4. The van der Waals surface area contributed by atoms with E-state index in [2.05, 4.69) is 5.32 Å². The Bertz CT molecular complexity index is 429. The first-order valence-corrected chi connectivity index (χ1v) is 5.17. The average molecular weight is 236 g/mol. The summed E-state index contributed by atoms with van der Waals surface area (Å²) in [5.74, 6) is -1.08. The standard InChI is InChI=1S/C12H15NO4/c1-8-3-4-10(17-2)9(7-8)13-11(14)5-6-12(15)16/h3-4,7H,5-6H2,1-2H3,(H,13,14)(H,15,16)/p-1. The van der Waals surface area contributed by atoms with Crippen molar-refractivity contribution in [3.8, 4) is 5.75 Å². The minimum atomic E-state index is -1.24. The van der Waals surface area contributed by atoms with Gasteiger partial charge in [-0.2, -0.15) is 0 Å². The van der Waals surface area contributed by atoms with Crippen LogP contribution in [-0.2, 0) is 9.59 Å². The number of ether oxygens (including phenoxy) is 1. The molecule has 1 aromatic rings. The molecule has 1 rings (SSSR count). The number of aryl methyl sites for hydroxylation is 1. The monoisotopic (exact) mass is 236 g/mol. The summed E-state index contributed by atoms with van der Waals surface area (Å²) in [4.78, 5) is 21.7. The Balaban J connectivity index is 2.69. The van der Waals surface area contributed by atoms with Crippen molar-refractivity contribution in [2.75, 3.05) is 12.4 Å². The van der Waals surface area contributed by atoms with E-state index in [1.54, 1.807) is 12.1 Å². The van der Waals surface area contributed by atoms with Crippen LogP contribution >= 0.6 is 0 Å². The number of aliphatic carboxylic acids is 1. The van der Waals surface area contributed by atoms with Gasteiger partial charge in [0.2, 0.25) is 5.91 Å². The van der Waals surface area contributed by atoms with E-state index in [4.69, 9.17) is 4.74 Å². The van der Waals surface area contributed by atoms with Gasteiger partial charge in [-0.3, -0.25) is 4.79 Å². The number of anilines is 1. The SMILES string of the molecule is COc1ccc(C)cc1NC(=O)CCC(=O)[O-]. The predicted octanol–water partition coefficient (Wildman–Crippen LogP) is 0.472. The summed E-state index contributed by atoms with van der Waals surface area (Å²) in [6.45, 7) is 1.89. The number of benzene rings is 1. The summed E-state index contributed by atoms with van der Waals surface area (Å²) in [7, 11) is 1.50. The lowest BCUT2D eigenvalue weighted by Crippen LogP contribution is -2.24. The van der Waals surface area contributed by atoms with Gasteiger partial charge < -0.3 is 20.0 Å². The number of hydrogen-bond donors (Lipinski definition) is 1. The summed E-state index contributed by atoms with van der Waals surface area (Å²) in [6, 6.07) is 5.36. The molecule has 5 nitrogen and oxygen atoms in total. The van der Waals surface area contributed by atoms with Crippen LogP contribution in [0.4, 0.5) is 5.69 Å². The number of amides is 1. The minimum Gasteiger partial charge on any atom is -0.550 e. The number of carboxylic acids is 1. The summed E-state index contributed by atoms with van der Waals surface area (Å²) in [5, 5.41) is 12.8. The Kier molecular flexibility index (Phi) is 4.51. The van der Waals surface area contributed by atoms with Crippen LogP contribution in [0.3, 0.4) is 0 Å². The molecule has 0 radical (unpaired) electrons. The van der Waals surface area contributed by atoms with Crippen molar-refractivity contribution in [3.05, 3.63) is 23.8 Å². The largest absolute Gasteiger partial charge is 0.550 e. The van der Waals surface area contributed by atoms with Gasteiger partial charge in [-0.1, -0.05) is 6.07 Å². The highest BCUT2D eigenvalue weighted by Gasteiger charge is 2.07. The molecule has 1 amide bonds. The molecule has 0 unspecified atom stereocenters. The van der Waals surface area contributed by atoms with E-state index in [9.17, 15) is 14.7 Å². The van der Waals surface area contributed by atoms with Gasteiger partial charge in [0.15, 0.2) is 0 Å². The molecule has 0 atom stereocenters. The molecule has 0 aliphatic rings. The van der Waals surface area contributed by atoms with Crippen molar-refractivity contribution >= 4 is 17.6 Å². The molecule has 0 aliphatic heterocycles. The molecule has 17 heavy (non-hydrogen) atoms.